The number of hydrogen-bond acceptors (Lipinski definition) is 2. The standard InChI is InChI=1S/C12H14ClFN2O2/c13-7-1-2-11(17)15-8-12(18)16-10-5-3-9(14)4-6-10/h3-6H,1-2,7-8H2,(H,15,17)(H,16,18). The summed E-state index contributed by atoms with van der Waals surface area (Å²) in [5.41, 5.74) is 0.483. The molecule has 0 bridgehead atoms. The molecule has 2 amide bonds. The van der Waals surface area contributed by atoms with Crippen molar-refractivity contribution < 1.29 is 14.0 Å². The van der Waals surface area contributed by atoms with E-state index in [0.29, 0.717) is 24.4 Å². The molecule has 2 N–H and O–H groups in total. The van der Waals surface area contributed by atoms with Crippen LogP contribution in [0.2, 0.25) is 0 Å². The molecule has 0 fully saturated rings. The molecule has 0 aliphatic rings. The van der Waals surface area contributed by atoms with E-state index in [4.69, 9.17) is 11.6 Å². The van der Waals surface area contributed by atoms with E-state index < -0.39 is 0 Å². The number of carbonyl (C=O) groups excluding carboxylic acids is 2. The zero-order valence-electron chi connectivity index (χ0n) is 9.71. The molecule has 0 saturated heterocycles. The van der Waals surface area contributed by atoms with Gasteiger partial charge in [0, 0.05) is 18.0 Å². The fourth-order valence-electron chi connectivity index (χ4n) is 1.23. The predicted octanol–water partition coefficient (Wildman–Crippen LogP) is 1.90. The van der Waals surface area contributed by atoms with Crippen LogP contribution >= 0.6 is 11.6 Å². The van der Waals surface area contributed by atoms with Gasteiger partial charge in [0.1, 0.15) is 5.82 Å². The number of hydrogen-bond donors (Lipinski definition) is 2. The van der Waals surface area contributed by atoms with Crippen LogP contribution in [0, 0.1) is 5.82 Å². The second kappa shape index (κ2) is 7.66. The minimum absolute atomic E-state index is 0.113. The maximum Gasteiger partial charge on any atom is 0.243 e. The van der Waals surface area contributed by atoms with Gasteiger partial charge in [0.2, 0.25) is 11.8 Å². The Morgan fingerprint density at radius 3 is 2.44 bits per heavy atom. The quantitative estimate of drug-likeness (QED) is 0.777. The Hall–Kier alpha value is -1.62. The summed E-state index contributed by atoms with van der Waals surface area (Å²) in [6.07, 6.45) is 0.875. The highest BCUT2D eigenvalue weighted by atomic mass is 35.5. The summed E-state index contributed by atoms with van der Waals surface area (Å²) >= 11 is 5.44. The summed E-state index contributed by atoms with van der Waals surface area (Å²) in [5.74, 6) is -0.539. The van der Waals surface area contributed by atoms with Gasteiger partial charge in [0.25, 0.3) is 0 Å². The first kappa shape index (κ1) is 14.4. The molecule has 0 radical (unpaired) electrons. The number of anilines is 1. The summed E-state index contributed by atoms with van der Waals surface area (Å²) < 4.78 is 12.6. The molecule has 1 aromatic carbocycles. The van der Waals surface area contributed by atoms with Gasteiger partial charge in [-0.25, -0.2) is 4.39 Å². The lowest BCUT2D eigenvalue weighted by atomic mass is 10.3. The summed E-state index contributed by atoms with van der Waals surface area (Å²) in [5, 5.41) is 5.00. The molecule has 0 aromatic heterocycles. The minimum Gasteiger partial charge on any atom is -0.347 e. The lowest BCUT2D eigenvalue weighted by molar-refractivity contribution is -0.124. The van der Waals surface area contributed by atoms with E-state index in [1.807, 2.05) is 0 Å². The molecule has 0 saturated carbocycles. The first-order chi connectivity index (χ1) is 8.61. The topological polar surface area (TPSA) is 58.2 Å². The van der Waals surface area contributed by atoms with E-state index in [1.165, 1.54) is 24.3 Å². The largest absolute Gasteiger partial charge is 0.347 e. The van der Waals surface area contributed by atoms with E-state index in [9.17, 15) is 14.0 Å². The molecule has 0 aliphatic carbocycles. The Balaban J connectivity index is 2.29. The molecule has 1 rings (SSSR count). The number of nitrogens with one attached hydrogen (secondary N) is 2. The molecular weight excluding hydrogens is 259 g/mol. The lowest BCUT2D eigenvalue weighted by Gasteiger charge is -2.06. The Morgan fingerprint density at radius 1 is 1.17 bits per heavy atom. The molecule has 0 spiro atoms. The van der Waals surface area contributed by atoms with Crippen molar-refractivity contribution in [3.63, 3.8) is 0 Å². The number of carbonyl (C=O) groups is 2. The van der Waals surface area contributed by atoms with Crippen molar-refractivity contribution in [2.45, 2.75) is 12.8 Å². The second-order valence-electron chi connectivity index (χ2n) is 3.62. The predicted molar refractivity (Wildman–Crippen MR) is 68.0 cm³/mol. The molecule has 0 unspecified atom stereocenters. The van der Waals surface area contributed by atoms with Gasteiger partial charge in [-0.05, 0) is 30.7 Å². The minimum atomic E-state index is -0.373. The summed E-state index contributed by atoms with van der Waals surface area (Å²) in [6.45, 7) is -0.113. The van der Waals surface area contributed by atoms with Crippen LogP contribution in [0.1, 0.15) is 12.8 Å². The molecule has 0 aliphatic heterocycles. The highest BCUT2D eigenvalue weighted by molar-refractivity contribution is 6.17. The van der Waals surface area contributed by atoms with Crippen LogP contribution in [0.15, 0.2) is 24.3 Å². The average molecular weight is 273 g/mol. The van der Waals surface area contributed by atoms with Crippen LogP contribution in [-0.4, -0.2) is 24.2 Å². The molecular formula is C12H14ClFN2O2. The lowest BCUT2D eigenvalue weighted by Crippen LogP contribution is -2.32. The van der Waals surface area contributed by atoms with Gasteiger partial charge in [0.15, 0.2) is 0 Å². The number of rotatable bonds is 6. The van der Waals surface area contributed by atoms with Crippen molar-refractivity contribution >= 4 is 29.1 Å². The zero-order chi connectivity index (χ0) is 13.4. The summed E-state index contributed by atoms with van der Waals surface area (Å²) in [4.78, 5) is 22.6. The van der Waals surface area contributed by atoms with Gasteiger partial charge in [-0.2, -0.15) is 0 Å². The van der Waals surface area contributed by atoms with Gasteiger partial charge in [-0.3, -0.25) is 9.59 Å². The Morgan fingerprint density at radius 2 is 1.83 bits per heavy atom. The fourth-order valence-corrected chi connectivity index (χ4v) is 1.37. The second-order valence-corrected chi connectivity index (χ2v) is 4.00. The third-order valence-electron chi connectivity index (χ3n) is 2.11. The molecule has 98 valence electrons. The normalized spacial score (nSPS) is 9.89. The Labute approximate surface area is 110 Å². The monoisotopic (exact) mass is 272 g/mol. The average Bonchev–Trinajstić information content (AvgIpc) is 2.36. The van der Waals surface area contributed by atoms with Gasteiger partial charge in [-0.15, -0.1) is 11.6 Å². The highest BCUT2D eigenvalue weighted by Gasteiger charge is 2.05. The Kier molecular flexibility index (Phi) is 6.14. The number of alkyl halides is 1. The molecule has 0 heterocycles. The van der Waals surface area contributed by atoms with Crippen molar-refractivity contribution in [3.05, 3.63) is 30.1 Å². The number of halogens is 2. The van der Waals surface area contributed by atoms with E-state index in [2.05, 4.69) is 10.6 Å². The fraction of sp³-hybridized carbons (Fsp3) is 0.333. The zero-order valence-corrected chi connectivity index (χ0v) is 10.5. The molecule has 18 heavy (non-hydrogen) atoms. The first-order valence-corrected chi connectivity index (χ1v) is 6.03. The van der Waals surface area contributed by atoms with E-state index >= 15 is 0 Å². The van der Waals surface area contributed by atoms with Crippen molar-refractivity contribution in [1.82, 2.24) is 5.32 Å². The maximum atomic E-state index is 12.6. The summed E-state index contributed by atoms with van der Waals surface area (Å²) in [6, 6.07) is 5.38. The Bertz CT molecular complexity index is 409. The number of benzene rings is 1. The highest BCUT2D eigenvalue weighted by Crippen LogP contribution is 2.07. The van der Waals surface area contributed by atoms with E-state index in [1.54, 1.807) is 0 Å². The smallest absolute Gasteiger partial charge is 0.243 e. The number of amides is 2. The molecule has 1 aromatic rings. The van der Waals surface area contributed by atoms with Crippen LogP contribution in [0.5, 0.6) is 0 Å². The van der Waals surface area contributed by atoms with Gasteiger partial charge in [-0.1, -0.05) is 0 Å². The van der Waals surface area contributed by atoms with E-state index in [-0.39, 0.29) is 24.2 Å². The van der Waals surface area contributed by atoms with Crippen molar-refractivity contribution in [1.29, 1.82) is 0 Å². The van der Waals surface area contributed by atoms with Crippen molar-refractivity contribution in [2.24, 2.45) is 0 Å². The van der Waals surface area contributed by atoms with Gasteiger partial charge < -0.3 is 10.6 Å². The van der Waals surface area contributed by atoms with E-state index in [0.717, 1.165) is 0 Å². The van der Waals surface area contributed by atoms with Crippen LogP contribution in [0.3, 0.4) is 0 Å². The van der Waals surface area contributed by atoms with Crippen LogP contribution in [-0.2, 0) is 9.59 Å². The first-order valence-electron chi connectivity index (χ1n) is 5.50. The molecule has 4 nitrogen and oxygen atoms in total. The molecule has 6 heteroatoms. The third kappa shape index (κ3) is 5.63. The van der Waals surface area contributed by atoms with Gasteiger partial charge >= 0.3 is 0 Å². The summed E-state index contributed by atoms with van der Waals surface area (Å²) in [7, 11) is 0. The van der Waals surface area contributed by atoms with Crippen molar-refractivity contribution in [2.75, 3.05) is 17.7 Å². The SMILES string of the molecule is O=C(CCCCl)NCC(=O)Nc1ccc(F)cc1. The van der Waals surface area contributed by atoms with Crippen LogP contribution in [0.4, 0.5) is 10.1 Å². The van der Waals surface area contributed by atoms with Gasteiger partial charge in [0.05, 0.1) is 6.54 Å². The maximum absolute atomic E-state index is 12.6. The van der Waals surface area contributed by atoms with Crippen molar-refractivity contribution in [3.8, 4) is 0 Å². The third-order valence-corrected chi connectivity index (χ3v) is 2.38. The molecule has 0 atom stereocenters. The van der Waals surface area contributed by atoms with Crippen LogP contribution < -0.4 is 10.6 Å². The van der Waals surface area contributed by atoms with Crippen LogP contribution in [0.25, 0.3) is 0 Å².